The van der Waals surface area contributed by atoms with Gasteiger partial charge >= 0.3 is 0 Å². The van der Waals surface area contributed by atoms with Crippen molar-refractivity contribution in [3.05, 3.63) is 33.8 Å². The van der Waals surface area contributed by atoms with E-state index in [0.717, 1.165) is 18.0 Å². The first kappa shape index (κ1) is 12.2. The van der Waals surface area contributed by atoms with E-state index in [9.17, 15) is 0 Å². The van der Waals surface area contributed by atoms with Crippen LogP contribution in [0.15, 0.2) is 18.2 Å². The van der Waals surface area contributed by atoms with Gasteiger partial charge in [-0.05, 0) is 37.4 Å². The van der Waals surface area contributed by atoms with E-state index in [1.807, 2.05) is 18.2 Å². The fourth-order valence-corrected chi connectivity index (χ4v) is 2.44. The number of nitrogens with one attached hydrogen (secondary N) is 1. The molecule has 0 radical (unpaired) electrons. The SMILES string of the molecule is NCC(NCC1CC1)c1c(Cl)cccc1Cl. The number of benzene rings is 1. The van der Waals surface area contributed by atoms with Crippen LogP contribution in [0.25, 0.3) is 0 Å². The Morgan fingerprint density at radius 2 is 1.94 bits per heavy atom. The third kappa shape index (κ3) is 2.89. The molecule has 1 saturated carbocycles. The molecule has 0 aliphatic heterocycles. The minimum atomic E-state index is 0.0572. The summed E-state index contributed by atoms with van der Waals surface area (Å²) in [4.78, 5) is 0. The molecule has 1 fully saturated rings. The molecule has 1 aromatic rings. The largest absolute Gasteiger partial charge is 0.329 e. The predicted octanol–water partition coefficient (Wildman–Crippen LogP) is 2.99. The van der Waals surface area contributed by atoms with Crippen LogP contribution in [0.3, 0.4) is 0 Å². The summed E-state index contributed by atoms with van der Waals surface area (Å²) >= 11 is 12.3. The van der Waals surface area contributed by atoms with Crippen LogP contribution in [0.4, 0.5) is 0 Å². The molecule has 1 unspecified atom stereocenters. The van der Waals surface area contributed by atoms with E-state index >= 15 is 0 Å². The van der Waals surface area contributed by atoms with Crippen molar-refractivity contribution in [1.29, 1.82) is 0 Å². The van der Waals surface area contributed by atoms with E-state index in [-0.39, 0.29) is 6.04 Å². The van der Waals surface area contributed by atoms with Crippen molar-refractivity contribution in [3.8, 4) is 0 Å². The molecule has 0 heterocycles. The molecule has 2 nitrogen and oxygen atoms in total. The molecule has 1 atom stereocenters. The second-order valence-electron chi connectivity index (χ2n) is 4.28. The summed E-state index contributed by atoms with van der Waals surface area (Å²) in [6, 6.07) is 5.61. The van der Waals surface area contributed by atoms with E-state index in [2.05, 4.69) is 5.32 Å². The summed E-state index contributed by atoms with van der Waals surface area (Å²) in [5.74, 6) is 0.815. The number of halogens is 2. The van der Waals surface area contributed by atoms with Crippen LogP contribution in [0, 0.1) is 5.92 Å². The van der Waals surface area contributed by atoms with E-state index in [1.165, 1.54) is 12.8 Å². The predicted molar refractivity (Wildman–Crippen MR) is 69.0 cm³/mol. The van der Waals surface area contributed by atoms with Gasteiger partial charge in [0.05, 0.1) is 0 Å². The molecule has 2 rings (SSSR count). The van der Waals surface area contributed by atoms with Gasteiger partial charge in [0.1, 0.15) is 0 Å². The molecule has 4 heteroatoms. The second-order valence-corrected chi connectivity index (χ2v) is 5.09. The Morgan fingerprint density at radius 1 is 1.31 bits per heavy atom. The zero-order chi connectivity index (χ0) is 11.5. The van der Waals surface area contributed by atoms with Crippen molar-refractivity contribution < 1.29 is 0 Å². The third-order valence-electron chi connectivity index (χ3n) is 2.93. The summed E-state index contributed by atoms with van der Waals surface area (Å²) < 4.78 is 0. The van der Waals surface area contributed by atoms with Gasteiger partial charge in [0.15, 0.2) is 0 Å². The molecule has 0 saturated heterocycles. The van der Waals surface area contributed by atoms with E-state index in [0.29, 0.717) is 16.6 Å². The van der Waals surface area contributed by atoms with Crippen LogP contribution >= 0.6 is 23.2 Å². The van der Waals surface area contributed by atoms with Gasteiger partial charge in [-0.1, -0.05) is 29.3 Å². The maximum absolute atomic E-state index is 6.15. The molecule has 88 valence electrons. The molecule has 3 N–H and O–H groups in total. The number of rotatable bonds is 5. The maximum atomic E-state index is 6.15. The van der Waals surface area contributed by atoms with Crippen molar-refractivity contribution in [2.45, 2.75) is 18.9 Å². The van der Waals surface area contributed by atoms with Gasteiger partial charge in [0, 0.05) is 28.2 Å². The van der Waals surface area contributed by atoms with Crippen LogP contribution in [0.1, 0.15) is 24.4 Å². The first-order chi connectivity index (χ1) is 7.72. The fourth-order valence-electron chi connectivity index (χ4n) is 1.78. The van der Waals surface area contributed by atoms with Gasteiger partial charge in [-0.25, -0.2) is 0 Å². The Balaban J connectivity index is 2.11. The lowest BCUT2D eigenvalue weighted by atomic mass is 10.1. The highest BCUT2D eigenvalue weighted by Crippen LogP contribution is 2.32. The Labute approximate surface area is 106 Å². The molecule has 0 spiro atoms. The normalized spacial score (nSPS) is 17.4. The molecular formula is C12H16Cl2N2. The van der Waals surface area contributed by atoms with E-state index in [1.54, 1.807) is 0 Å². The van der Waals surface area contributed by atoms with Gasteiger partial charge in [0.2, 0.25) is 0 Å². The zero-order valence-corrected chi connectivity index (χ0v) is 10.6. The summed E-state index contributed by atoms with van der Waals surface area (Å²) in [6.45, 7) is 1.51. The van der Waals surface area contributed by atoms with Gasteiger partial charge in [0.25, 0.3) is 0 Å². The quantitative estimate of drug-likeness (QED) is 0.853. The Morgan fingerprint density at radius 3 is 2.44 bits per heavy atom. The molecule has 1 aliphatic carbocycles. The standard InChI is InChI=1S/C12H16Cl2N2/c13-9-2-1-3-10(14)12(9)11(6-15)16-7-8-4-5-8/h1-3,8,11,16H,4-7,15H2. The fraction of sp³-hybridized carbons (Fsp3) is 0.500. The summed E-state index contributed by atoms with van der Waals surface area (Å²) in [6.07, 6.45) is 2.64. The van der Waals surface area contributed by atoms with Crippen LogP contribution in [0.5, 0.6) is 0 Å². The lowest BCUT2D eigenvalue weighted by molar-refractivity contribution is 0.522. The maximum Gasteiger partial charge on any atom is 0.0474 e. The minimum absolute atomic E-state index is 0.0572. The van der Waals surface area contributed by atoms with Gasteiger partial charge < -0.3 is 11.1 Å². The highest BCUT2D eigenvalue weighted by molar-refractivity contribution is 6.36. The summed E-state index contributed by atoms with van der Waals surface area (Å²) in [5.41, 5.74) is 6.69. The average molecular weight is 259 g/mol. The highest BCUT2D eigenvalue weighted by Gasteiger charge is 2.23. The molecule has 0 amide bonds. The third-order valence-corrected chi connectivity index (χ3v) is 3.59. The average Bonchev–Trinajstić information content (AvgIpc) is 3.06. The van der Waals surface area contributed by atoms with Crippen molar-refractivity contribution in [2.75, 3.05) is 13.1 Å². The van der Waals surface area contributed by atoms with E-state index in [4.69, 9.17) is 28.9 Å². The topological polar surface area (TPSA) is 38.0 Å². The lowest BCUT2D eigenvalue weighted by Gasteiger charge is -2.19. The Hall–Kier alpha value is -0.280. The lowest BCUT2D eigenvalue weighted by Crippen LogP contribution is -2.30. The molecule has 0 aromatic heterocycles. The minimum Gasteiger partial charge on any atom is -0.329 e. The van der Waals surface area contributed by atoms with Crippen LogP contribution in [0.2, 0.25) is 10.0 Å². The van der Waals surface area contributed by atoms with Crippen molar-refractivity contribution >= 4 is 23.2 Å². The highest BCUT2D eigenvalue weighted by atomic mass is 35.5. The monoisotopic (exact) mass is 258 g/mol. The summed E-state index contributed by atoms with van der Waals surface area (Å²) in [7, 11) is 0. The molecule has 1 aliphatic rings. The molecule has 0 bridgehead atoms. The first-order valence-corrected chi connectivity index (χ1v) is 6.35. The smallest absolute Gasteiger partial charge is 0.0474 e. The van der Waals surface area contributed by atoms with Crippen molar-refractivity contribution in [1.82, 2.24) is 5.32 Å². The van der Waals surface area contributed by atoms with Gasteiger partial charge in [-0.2, -0.15) is 0 Å². The molecular weight excluding hydrogens is 243 g/mol. The van der Waals surface area contributed by atoms with Crippen LogP contribution in [-0.4, -0.2) is 13.1 Å². The van der Waals surface area contributed by atoms with Crippen molar-refractivity contribution in [2.24, 2.45) is 11.7 Å². The number of hydrogen-bond acceptors (Lipinski definition) is 2. The zero-order valence-electron chi connectivity index (χ0n) is 9.05. The Kier molecular flexibility index (Phi) is 4.09. The second kappa shape index (κ2) is 5.37. The van der Waals surface area contributed by atoms with E-state index < -0.39 is 0 Å². The van der Waals surface area contributed by atoms with Crippen LogP contribution < -0.4 is 11.1 Å². The first-order valence-electron chi connectivity index (χ1n) is 5.59. The van der Waals surface area contributed by atoms with Crippen molar-refractivity contribution in [3.63, 3.8) is 0 Å². The summed E-state index contributed by atoms with van der Waals surface area (Å²) in [5, 5.41) is 4.81. The molecule has 16 heavy (non-hydrogen) atoms. The van der Waals surface area contributed by atoms with Gasteiger partial charge in [-0.15, -0.1) is 0 Å². The number of hydrogen-bond donors (Lipinski definition) is 2. The Bertz CT molecular complexity index is 344. The van der Waals surface area contributed by atoms with Crippen LogP contribution in [-0.2, 0) is 0 Å². The number of nitrogens with two attached hydrogens (primary N) is 1. The molecule has 1 aromatic carbocycles. The van der Waals surface area contributed by atoms with Gasteiger partial charge in [-0.3, -0.25) is 0 Å².